The minimum absolute atomic E-state index is 0.0354. The summed E-state index contributed by atoms with van der Waals surface area (Å²) in [7, 11) is 0. The topological polar surface area (TPSA) is 38.7 Å². The van der Waals surface area contributed by atoms with Crippen LogP contribution in [0.1, 0.15) is 51.0 Å². The van der Waals surface area contributed by atoms with Crippen molar-refractivity contribution in [3.05, 3.63) is 40.8 Å². The van der Waals surface area contributed by atoms with Crippen LogP contribution in [-0.4, -0.2) is 6.10 Å². The van der Waals surface area contributed by atoms with Crippen LogP contribution < -0.4 is 0 Å². The van der Waals surface area contributed by atoms with E-state index in [0.717, 1.165) is 12.8 Å². The second-order valence-corrected chi connectivity index (χ2v) is 4.78. The Labute approximate surface area is 109 Å². The van der Waals surface area contributed by atoms with E-state index in [9.17, 15) is 4.91 Å². The molecule has 0 fully saturated rings. The lowest BCUT2D eigenvalue weighted by Crippen LogP contribution is -2.02. The van der Waals surface area contributed by atoms with Crippen LogP contribution in [0, 0.1) is 4.91 Å². The summed E-state index contributed by atoms with van der Waals surface area (Å²) >= 11 is 0. The molecule has 1 unspecified atom stereocenters. The van der Waals surface area contributed by atoms with Gasteiger partial charge in [0.15, 0.2) is 5.34 Å². The molecule has 1 aromatic carbocycles. The zero-order valence-corrected chi connectivity index (χ0v) is 11.2. The van der Waals surface area contributed by atoms with Crippen molar-refractivity contribution < 1.29 is 4.84 Å². The fourth-order valence-electron chi connectivity index (χ4n) is 2.06. The Morgan fingerprint density at radius 1 is 1.06 bits per heavy atom. The predicted octanol–water partition coefficient (Wildman–Crippen LogP) is 4.66. The molecule has 0 bridgehead atoms. The molecule has 1 aromatic rings. The molecule has 0 saturated carbocycles. The van der Waals surface area contributed by atoms with Crippen molar-refractivity contribution in [2.75, 3.05) is 0 Å². The number of nitrogens with zero attached hydrogens (tertiary/aromatic N) is 1. The molecule has 0 aliphatic carbocycles. The van der Waals surface area contributed by atoms with Crippen LogP contribution in [0.15, 0.2) is 35.7 Å². The molecule has 0 aromatic heterocycles. The highest BCUT2D eigenvalue weighted by Crippen LogP contribution is 2.11. The Bertz CT molecular complexity index is 314. The molecule has 3 nitrogen and oxygen atoms in total. The number of rotatable bonds is 10. The van der Waals surface area contributed by atoms with E-state index >= 15 is 0 Å². The summed E-state index contributed by atoms with van der Waals surface area (Å²) in [4.78, 5) is 14.4. The maximum Gasteiger partial charge on any atom is 0.155 e. The number of hydrogen-bond donors (Lipinski definition) is 0. The summed E-state index contributed by atoms with van der Waals surface area (Å²) in [5.41, 5.74) is 1.43. The van der Waals surface area contributed by atoms with Gasteiger partial charge in [0.25, 0.3) is 0 Å². The van der Waals surface area contributed by atoms with Crippen LogP contribution in [-0.2, 0) is 11.3 Å². The van der Waals surface area contributed by atoms with Crippen molar-refractivity contribution in [3.63, 3.8) is 0 Å². The Morgan fingerprint density at radius 3 is 2.44 bits per heavy atom. The van der Waals surface area contributed by atoms with Crippen molar-refractivity contribution in [1.29, 1.82) is 0 Å². The zero-order valence-electron chi connectivity index (χ0n) is 11.2. The predicted molar refractivity (Wildman–Crippen MR) is 74.2 cm³/mol. The van der Waals surface area contributed by atoms with E-state index in [2.05, 4.69) is 40.5 Å². The molecule has 100 valence electrons. The molecule has 0 aliphatic rings. The first-order chi connectivity index (χ1) is 8.83. The second kappa shape index (κ2) is 9.63. The average Bonchev–Trinajstić information content (AvgIpc) is 2.39. The molecule has 1 rings (SSSR count). The summed E-state index contributed by atoms with van der Waals surface area (Å²) in [5, 5.41) is 2.45. The van der Waals surface area contributed by atoms with Crippen LogP contribution >= 0.6 is 0 Å². The summed E-state index contributed by atoms with van der Waals surface area (Å²) in [6.45, 7) is 1.89. The molecule has 0 heterocycles. The van der Waals surface area contributed by atoms with E-state index in [0.29, 0.717) is 0 Å². The first kappa shape index (κ1) is 14.7. The molecule has 1 atom stereocenters. The lowest BCUT2D eigenvalue weighted by Gasteiger charge is -2.06. The van der Waals surface area contributed by atoms with E-state index in [4.69, 9.17) is 0 Å². The summed E-state index contributed by atoms with van der Waals surface area (Å²) < 4.78 is 0. The van der Waals surface area contributed by atoms with E-state index < -0.39 is 0 Å². The van der Waals surface area contributed by atoms with Gasteiger partial charge in [-0.05, 0) is 38.2 Å². The third kappa shape index (κ3) is 7.05. The molecule has 0 saturated heterocycles. The second-order valence-electron chi connectivity index (χ2n) is 4.78. The highest BCUT2D eigenvalue weighted by molar-refractivity contribution is 5.14. The smallest absolute Gasteiger partial charge is 0.155 e. The molecular formula is C15H23NO2. The fraction of sp³-hybridized carbons (Fsp3) is 0.600. The third-order valence-corrected chi connectivity index (χ3v) is 3.14. The lowest BCUT2D eigenvalue weighted by molar-refractivity contribution is 0.0607. The van der Waals surface area contributed by atoms with Crippen molar-refractivity contribution >= 4 is 0 Å². The Balaban J connectivity index is 1.91. The Morgan fingerprint density at radius 2 is 1.72 bits per heavy atom. The minimum Gasteiger partial charge on any atom is -0.361 e. The van der Waals surface area contributed by atoms with Gasteiger partial charge in [-0.2, -0.15) is 0 Å². The normalized spacial score (nSPS) is 12.1. The van der Waals surface area contributed by atoms with Gasteiger partial charge < -0.3 is 4.84 Å². The number of unbranched alkanes of at least 4 members (excludes halogenated alkanes) is 4. The molecule has 3 heteroatoms. The van der Waals surface area contributed by atoms with Crippen molar-refractivity contribution in [3.8, 4) is 0 Å². The van der Waals surface area contributed by atoms with Crippen LogP contribution in [0.25, 0.3) is 0 Å². The Hall–Kier alpha value is -1.38. The summed E-state index contributed by atoms with van der Waals surface area (Å²) in [6.07, 6.45) is 8.17. The van der Waals surface area contributed by atoms with Gasteiger partial charge in [0, 0.05) is 0 Å². The number of benzene rings is 1. The first-order valence-corrected chi connectivity index (χ1v) is 6.85. The fourth-order valence-corrected chi connectivity index (χ4v) is 2.06. The van der Waals surface area contributed by atoms with E-state index in [1.807, 2.05) is 6.92 Å². The molecule has 0 radical (unpaired) electrons. The maximum atomic E-state index is 9.85. The standard InChI is InChI=1S/C15H23NO2/c1-14(18-16-17)10-6-3-2-4-7-11-15-12-8-5-9-13-15/h5,8-9,12-14H,2-4,6-7,10-11H2,1H3. The van der Waals surface area contributed by atoms with Crippen molar-refractivity contribution in [1.82, 2.24) is 0 Å². The van der Waals surface area contributed by atoms with Gasteiger partial charge in [-0.25, -0.2) is 0 Å². The van der Waals surface area contributed by atoms with Gasteiger partial charge in [0.2, 0.25) is 0 Å². The van der Waals surface area contributed by atoms with Gasteiger partial charge in [-0.1, -0.05) is 49.6 Å². The van der Waals surface area contributed by atoms with Crippen LogP contribution in [0.3, 0.4) is 0 Å². The average molecular weight is 249 g/mol. The van der Waals surface area contributed by atoms with E-state index in [1.54, 1.807) is 0 Å². The van der Waals surface area contributed by atoms with Gasteiger partial charge >= 0.3 is 0 Å². The highest BCUT2D eigenvalue weighted by atomic mass is 16.7. The monoisotopic (exact) mass is 249 g/mol. The molecule has 0 spiro atoms. The lowest BCUT2D eigenvalue weighted by atomic mass is 10.0. The number of hydrogen-bond acceptors (Lipinski definition) is 3. The van der Waals surface area contributed by atoms with Gasteiger partial charge in [0.05, 0.1) is 0 Å². The minimum atomic E-state index is -0.0354. The highest BCUT2D eigenvalue weighted by Gasteiger charge is 2.01. The molecule has 18 heavy (non-hydrogen) atoms. The van der Waals surface area contributed by atoms with E-state index in [-0.39, 0.29) is 6.10 Å². The maximum absolute atomic E-state index is 9.85. The third-order valence-electron chi connectivity index (χ3n) is 3.14. The van der Waals surface area contributed by atoms with Crippen LogP contribution in [0.2, 0.25) is 0 Å². The summed E-state index contributed by atoms with van der Waals surface area (Å²) in [6, 6.07) is 10.6. The first-order valence-electron chi connectivity index (χ1n) is 6.85. The quantitative estimate of drug-likeness (QED) is 0.344. The Kier molecular flexibility index (Phi) is 7.85. The SMILES string of the molecule is CC(CCCCCCCc1ccccc1)ON=O. The van der Waals surface area contributed by atoms with Crippen molar-refractivity contribution in [2.24, 2.45) is 5.34 Å². The summed E-state index contributed by atoms with van der Waals surface area (Å²) in [5.74, 6) is 0. The van der Waals surface area contributed by atoms with E-state index in [1.165, 1.54) is 37.7 Å². The van der Waals surface area contributed by atoms with Crippen LogP contribution in [0.4, 0.5) is 0 Å². The molecule has 0 N–H and O–H groups in total. The van der Waals surface area contributed by atoms with Gasteiger partial charge in [0.1, 0.15) is 6.10 Å². The van der Waals surface area contributed by atoms with Crippen LogP contribution in [0.5, 0.6) is 0 Å². The molecular weight excluding hydrogens is 226 g/mol. The largest absolute Gasteiger partial charge is 0.361 e. The molecule has 0 amide bonds. The molecule has 0 aliphatic heterocycles. The zero-order chi connectivity index (χ0) is 13.1. The number of aryl methyl sites for hydroxylation is 1. The van der Waals surface area contributed by atoms with Crippen molar-refractivity contribution in [2.45, 2.75) is 58.0 Å². The van der Waals surface area contributed by atoms with Gasteiger partial charge in [-0.3, -0.25) is 0 Å². The van der Waals surface area contributed by atoms with Gasteiger partial charge in [-0.15, -0.1) is 4.91 Å².